The number of thioether (sulfide) groups is 1. The van der Waals surface area contributed by atoms with Crippen LogP contribution >= 0.6 is 11.8 Å². The fourth-order valence-corrected chi connectivity index (χ4v) is 3.07. The van der Waals surface area contributed by atoms with Gasteiger partial charge in [0.25, 0.3) is 0 Å². The average molecular weight is 365 g/mol. The van der Waals surface area contributed by atoms with Gasteiger partial charge in [-0.25, -0.2) is 4.98 Å². The highest BCUT2D eigenvalue weighted by Crippen LogP contribution is 2.35. The molecule has 0 radical (unpaired) electrons. The molecule has 0 saturated heterocycles. The van der Waals surface area contributed by atoms with Crippen LogP contribution in [0.25, 0.3) is 0 Å². The minimum Gasteiger partial charge on any atom is -0.315 e. The van der Waals surface area contributed by atoms with Crippen LogP contribution in [0.4, 0.5) is 18.9 Å². The van der Waals surface area contributed by atoms with E-state index >= 15 is 0 Å². The smallest absolute Gasteiger partial charge is 0.315 e. The maximum Gasteiger partial charge on any atom is 0.417 e. The van der Waals surface area contributed by atoms with E-state index in [1.54, 1.807) is 37.4 Å². The lowest BCUT2D eigenvalue weighted by Crippen LogP contribution is -2.27. The van der Waals surface area contributed by atoms with E-state index in [9.17, 15) is 18.0 Å². The lowest BCUT2D eigenvalue weighted by atomic mass is 10.1. The largest absolute Gasteiger partial charge is 0.417 e. The molecule has 0 N–H and O–H groups in total. The summed E-state index contributed by atoms with van der Waals surface area (Å²) in [6, 6.07) is 11.2. The molecule has 0 spiro atoms. The lowest BCUT2D eigenvalue weighted by Gasteiger charge is -2.17. The van der Waals surface area contributed by atoms with Crippen molar-refractivity contribution >= 4 is 23.4 Å². The number of alkyl halides is 3. The highest BCUT2D eigenvalue weighted by Gasteiger charge is 2.35. The fourth-order valence-electron chi connectivity index (χ4n) is 2.10. The molecule has 8 heteroatoms. The third kappa shape index (κ3) is 4.51. The zero-order valence-electron chi connectivity index (χ0n) is 13.5. The van der Waals surface area contributed by atoms with Crippen LogP contribution in [-0.2, 0) is 11.0 Å². The van der Waals surface area contributed by atoms with E-state index in [2.05, 4.69) is 4.98 Å². The first-order valence-electron chi connectivity index (χ1n) is 7.17. The van der Waals surface area contributed by atoms with Crippen molar-refractivity contribution in [2.45, 2.75) is 18.1 Å². The third-order valence-corrected chi connectivity index (χ3v) is 4.34. The number of pyridine rings is 1. The SMILES string of the molecule is Cc1cc(C(F)(F)F)c(C#N)c(SCC(=O)N(C)c2ccccc2)n1. The first kappa shape index (κ1) is 18.8. The molecule has 1 heterocycles. The van der Waals surface area contributed by atoms with E-state index < -0.39 is 17.3 Å². The topological polar surface area (TPSA) is 57.0 Å². The van der Waals surface area contributed by atoms with E-state index in [-0.39, 0.29) is 22.4 Å². The Labute approximate surface area is 147 Å². The van der Waals surface area contributed by atoms with Gasteiger partial charge in [-0.05, 0) is 25.1 Å². The lowest BCUT2D eigenvalue weighted by molar-refractivity contribution is -0.138. The standard InChI is InChI=1S/C17H14F3N3OS/c1-11-8-14(17(18,19)20)13(9-21)16(22-11)25-10-15(24)23(2)12-6-4-3-5-7-12/h3-8H,10H2,1-2H3. The average Bonchev–Trinajstić information content (AvgIpc) is 2.58. The molecule has 0 unspecified atom stereocenters. The zero-order valence-corrected chi connectivity index (χ0v) is 14.3. The number of hydrogen-bond acceptors (Lipinski definition) is 4. The monoisotopic (exact) mass is 365 g/mol. The van der Waals surface area contributed by atoms with Gasteiger partial charge in [0.15, 0.2) is 0 Å². The van der Waals surface area contributed by atoms with Gasteiger partial charge in [0, 0.05) is 18.4 Å². The van der Waals surface area contributed by atoms with Crippen molar-refractivity contribution in [2.75, 3.05) is 17.7 Å². The van der Waals surface area contributed by atoms with Crippen molar-refractivity contribution in [3.05, 3.63) is 53.2 Å². The van der Waals surface area contributed by atoms with Gasteiger partial charge in [0.05, 0.1) is 16.9 Å². The summed E-state index contributed by atoms with van der Waals surface area (Å²) < 4.78 is 39.2. The van der Waals surface area contributed by atoms with Crippen LogP contribution in [0.2, 0.25) is 0 Å². The van der Waals surface area contributed by atoms with Crippen LogP contribution in [0.5, 0.6) is 0 Å². The van der Waals surface area contributed by atoms with Gasteiger partial charge in [0.1, 0.15) is 11.1 Å². The van der Waals surface area contributed by atoms with E-state index in [4.69, 9.17) is 5.26 Å². The number of aryl methyl sites for hydroxylation is 1. The summed E-state index contributed by atoms with van der Waals surface area (Å²) in [5.74, 6) is -0.440. The number of aromatic nitrogens is 1. The molecule has 0 fully saturated rings. The van der Waals surface area contributed by atoms with Gasteiger partial charge in [-0.1, -0.05) is 30.0 Å². The number of nitrogens with zero attached hydrogens (tertiary/aromatic N) is 3. The third-order valence-electron chi connectivity index (χ3n) is 3.38. The number of carbonyl (C=O) groups excluding carboxylic acids is 1. The number of amides is 1. The van der Waals surface area contributed by atoms with E-state index in [1.165, 1.54) is 11.8 Å². The Morgan fingerprint density at radius 3 is 2.52 bits per heavy atom. The van der Waals surface area contributed by atoms with Gasteiger partial charge < -0.3 is 4.90 Å². The van der Waals surface area contributed by atoms with Crippen molar-refractivity contribution in [3.63, 3.8) is 0 Å². The van der Waals surface area contributed by atoms with Gasteiger partial charge in [-0.3, -0.25) is 4.79 Å². The molecule has 1 aromatic heterocycles. The second-order valence-corrected chi connectivity index (χ2v) is 6.14. The summed E-state index contributed by atoms with van der Waals surface area (Å²) in [5.41, 5.74) is -0.786. The van der Waals surface area contributed by atoms with Crippen molar-refractivity contribution in [1.29, 1.82) is 5.26 Å². The van der Waals surface area contributed by atoms with Crippen LogP contribution < -0.4 is 4.90 Å². The van der Waals surface area contributed by atoms with Crippen LogP contribution in [0.15, 0.2) is 41.4 Å². The number of para-hydroxylation sites is 1. The minimum absolute atomic E-state index is 0.0929. The molecule has 2 rings (SSSR count). The molecule has 0 bridgehead atoms. The molecule has 0 saturated carbocycles. The Hall–Kier alpha value is -2.53. The predicted molar refractivity (Wildman–Crippen MR) is 89.3 cm³/mol. The van der Waals surface area contributed by atoms with Crippen LogP contribution in [0.3, 0.4) is 0 Å². The van der Waals surface area contributed by atoms with Crippen molar-refractivity contribution in [3.8, 4) is 6.07 Å². The van der Waals surface area contributed by atoms with Crippen molar-refractivity contribution in [2.24, 2.45) is 0 Å². The van der Waals surface area contributed by atoms with Gasteiger partial charge in [0.2, 0.25) is 5.91 Å². The summed E-state index contributed by atoms with van der Waals surface area (Å²) in [4.78, 5) is 17.6. The number of benzene rings is 1. The summed E-state index contributed by atoms with van der Waals surface area (Å²) in [6.07, 6.45) is -4.65. The Morgan fingerprint density at radius 1 is 1.32 bits per heavy atom. The number of hydrogen-bond donors (Lipinski definition) is 0. The quantitative estimate of drug-likeness (QED) is 0.768. The Morgan fingerprint density at radius 2 is 1.96 bits per heavy atom. The number of nitriles is 1. The summed E-state index contributed by atoms with van der Waals surface area (Å²) in [6.45, 7) is 1.42. The maximum absolute atomic E-state index is 13.1. The normalized spacial score (nSPS) is 11.0. The Kier molecular flexibility index (Phi) is 5.69. The van der Waals surface area contributed by atoms with Crippen LogP contribution in [0, 0.1) is 18.3 Å². The number of rotatable bonds is 4. The Bertz CT molecular complexity index is 816. The first-order chi connectivity index (χ1) is 11.7. The zero-order chi connectivity index (χ0) is 18.6. The molecular formula is C17H14F3N3OS. The maximum atomic E-state index is 13.1. The Balaban J connectivity index is 2.22. The molecule has 0 aliphatic heterocycles. The molecule has 0 atom stereocenters. The number of anilines is 1. The fraction of sp³-hybridized carbons (Fsp3) is 0.235. The summed E-state index contributed by atoms with van der Waals surface area (Å²) >= 11 is 0.822. The summed E-state index contributed by atoms with van der Waals surface area (Å²) in [7, 11) is 1.58. The van der Waals surface area contributed by atoms with Crippen LogP contribution in [-0.4, -0.2) is 23.7 Å². The van der Waals surface area contributed by atoms with Gasteiger partial charge in [-0.15, -0.1) is 0 Å². The highest BCUT2D eigenvalue weighted by atomic mass is 32.2. The molecule has 1 aromatic carbocycles. The van der Waals surface area contributed by atoms with E-state index in [0.29, 0.717) is 5.69 Å². The molecule has 1 amide bonds. The van der Waals surface area contributed by atoms with Crippen LogP contribution in [0.1, 0.15) is 16.8 Å². The van der Waals surface area contributed by atoms with E-state index in [1.807, 2.05) is 6.07 Å². The second-order valence-electron chi connectivity index (χ2n) is 5.18. The van der Waals surface area contributed by atoms with Crippen molar-refractivity contribution < 1.29 is 18.0 Å². The molecule has 2 aromatic rings. The predicted octanol–water partition coefficient (Wildman–Crippen LogP) is 4.04. The summed E-state index contributed by atoms with van der Waals surface area (Å²) in [5, 5.41) is 9.01. The minimum atomic E-state index is -4.65. The molecular weight excluding hydrogens is 351 g/mol. The second kappa shape index (κ2) is 7.57. The molecule has 0 aliphatic carbocycles. The molecule has 25 heavy (non-hydrogen) atoms. The first-order valence-corrected chi connectivity index (χ1v) is 8.16. The van der Waals surface area contributed by atoms with E-state index in [0.717, 1.165) is 17.8 Å². The van der Waals surface area contributed by atoms with Gasteiger partial charge >= 0.3 is 6.18 Å². The number of halogens is 3. The molecule has 4 nitrogen and oxygen atoms in total. The molecule has 130 valence electrons. The van der Waals surface area contributed by atoms with Gasteiger partial charge in [-0.2, -0.15) is 18.4 Å². The number of carbonyl (C=O) groups is 1. The highest BCUT2D eigenvalue weighted by molar-refractivity contribution is 8.00. The van der Waals surface area contributed by atoms with Crippen molar-refractivity contribution in [1.82, 2.24) is 4.98 Å². The molecule has 0 aliphatic rings.